The van der Waals surface area contributed by atoms with E-state index < -0.39 is 0 Å². The van der Waals surface area contributed by atoms with E-state index in [0.29, 0.717) is 6.04 Å². The summed E-state index contributed by atoms with van der Waals surface area (Å²) in [7, 11) is 1.68. The monoisotopic (exact) mass is 277 g/mol. The average molecular weight is 277 g/mol. The van der Waals surface area contributed by atoms with E-state index in [2.05, 4.69) is 17.4 Å². The molecule has 1 aliphatic rings. The van der Waals surface area contributed by atoms with Crippen LogP contribution in [-0.2, 0) is 6.54 Å². The molecule has 0 unspecified atom stereocenters. The molecule has 102 valence electrons. The Morgan fingerprint density at radius 3 is 3.00 bits per heavy atom. The van der Waals surface area contributed by atoms with Gasteiger partial charge < -0.3 is 14.5 Å². The van der Waals surface area contributed by atoms with Gasteiger partial charge in [0.05, 0.1) is 13.7 Å². The van der Waals surface area contributed by atoms with Crippen molar-refractivity contribution in [2.24, 2.45) is 0 Å². The van der Waals surface area contributed by atoms with Crippen molar-refractivity contribution in [2.75, 3.05) is 18.6 Å². The van der Waals surface area contributed by atoms with Crippen molar-refractivity contribution in [2.45, 2.75) is 25.4 Å². The maximum absolute atomic E-state index is 5.89. The van der Waals surface area contributed by atoms with E-state index in [1.54, 1.807) is 7.11 Å². The lowest BCUT2D eigenvalue weighted by Crippen LogP contribution is -2.31. The Bertz CT molecular complexity index is 546. The number of furan rings is 1. The molecule has 0 radical (unpaired) electrons. The van der Waals surface area contributed by atoms with Gasteiger partial charge in [0.2, 0.25) is 0 Å². The van der Waals surface area contributed by atoms with Gasteiger partial charge >= 0.3 is 0 Å². The summed E-state index contributed by atoms with van der Waals surface area (Å²) in [6.45, 7) is 0.799. The largest absolute Gasteiger partial charge is 0.493 e. The van der Waals surface area contributed by atoms with E-state index in [4.69, 9.17) is 9.15 Å². The number of para-hydroxylation sites is 1. The molecule has 2 heterocycles. The number of ether oxygens (including phenoxy) is 1. The van der Waals surface area contributed by atoms with Crippen LogP contribution in [0, 0.1) is 0 Å². The Morgan fingerprint density at radius 2 is 2.21 bits per heavy atom. The van der Waals surface area contributed by atoms with Crippen LogP contribution in [0.5, 0.6) is 5.75 Å². The minimum atomic E-state index is 0.636. The molecule has 0 bridgehead atoms. The molecule has 3 rings (SSSR count). The highest BCUT2D eigenvalue weighted by Gasteiger charge is 2.14. The van der Waals surface area contributed by atoms with Crippen molar-refractivity contribution in [1.29, 1.82) is 0 Å². The minimum Gasteiger partial charge on any atom is -0.493 e. The summed E-state index contributed by atoms with van der Waals surface area (Å²) >= 11 is 2.05. The predicted octanol–water partition coefficient (Wildman–Crippen LogP) is 3.43. The molecule has 0 atom stereocenters. The molecule has 4 heteroatoms. The van der Waals surface area contributed by atoms with E-state index >= 15 is 0 Å². The lowest BCUT2D eigenvalue weighted by Gasteiger charge is -2.21. The van der Waals surface area contributed by atoms with Crippen LogP contribution in [0.3, 0.4) is 0 Å². The Morgan fingerprint density at radius 1 is 1.37 bits per heavy atom. The van der Waals surface area contributed by atoms with Crippen LogP contribution in [0.15, 0.2) is 28.7 Å². The van der Waals surface area contributed by atoms with Gasteiger partial charge in [-0.05, 0) is 36.5 Å². The Kier molecular flexibility index (Phi) is 3.99. The molecule has 1 N–H and O–H groups in total. The third-order valence-electron chi connectivity index (χ3n) is 3.57. The van der Waals surface area contributed by atoms with Gasteiger partial charge in [0.25, 0.3) is 0 Å². The van der Waals surface area contributed by atoms with E-state index in [1.165, 1.54) is 24.3 Å². The van der Waals surface area contributed by atoms with Crippen molar-refractivity contribution in [3.05, 3.63) is 30.0 Å². The average Bonchev–Trinajstić information content (AvgIpc) is 2.89. The molecule has 0 amide bonds. The maximum atomic E-state index is 5.89. The van der Waals surface area contributed by atoms with Crippen molar-refractivity contribution in [3.63, 3.8) is 0 Å². The number of methoxy groups -OCH3 is 1. The first-order chi connectivity index (χ1) is 9.36. The topological polar surface area (TPSA) is 34.4 Å². The number of rotatable bonds is 4. The number of hydrogen-bond acceptors (Lipinski definition) is 4. The Labute approximate surface area is 117 Å². The highest BCUT2D eigenvalue weighted by atomic mass is 32.2. The van der Waals surface area contributed by atoms with Crippen LogP contribution in [0.25, 0.3) is 11.0 Å². The summed E-state index contributed by atoms with van der Waals surface area (Å²) in [4.78, 5) is 0. The smallest absolute Gasteiger partial charge is 0.176 e. The summed E-state index contributed by atoms with van der Waals surface area (Å²) in [6, 6.07) is 8.72. The number of nitrogens with one attached hydrogen (secondary N) is 1. The third kappa shape index (κ3) is 2.90. The fraction of sp³-hybridized carbons (Fsp3) is 0.467. The lowest BCUT2D eigenvalue weighted by atomic mass is 10.1. The molecule has 1 saturated heterocycles. The normalized spacial score (nSPS) is 16.9. The van der Waals surface area contributed by atoms with Gasteiger partial charge in [-0.1, -0.05) is 12.1 Å². The Balaban J connectivity index is 1.70. The first-order valence-electron chi connectivity index (χ1n) is 6.73. The van der Waals surface area contributed by atoms with Crippen molar-refractivity contribution >= 4 is 22.7 Å². The standard InChI is InChI=1S/C15H19NO2S/c1-17-14-4-2-3-11-9-13(18-15(11)14)10-16-12-5-7-19-8-6-12/h2-4,9,12,16H,5-8,10H2,1H3. The van der Waals surface area contributed by atoms with Crippen LogP contribution < -0.4 is 10.1 Å². The molecule has 1 aromatic carbocycles. The molecule has 1 aliphatic heterocycles. The highest BCUT2D eigenvalue weighted by Crippen LogP contribution is 2.28. The Hall–Kier alpha value is -1.13. The van der Waals surface area contributed by atoms with Crippen molar-refractivity contribution in [1.82, 2.24) is 5.32 Å². The first kappa shape index (κ1) is 12.9. The fourth-order valence-electron chi connectivity index (χ4n) is 2.48. The second kappa shape index (κ2) is 5.88. The summed E-state index contributed by atoms with van der Waals surface area (Å²) in [6.07, 6.45) is 2.52. The molecule has 3 nitrogen and oxygen atoms in total. The van der Waals surface area contributed by atoms with Gasteiger partial charge in [-0.3, -0.25) is 0 Å². The lowest BCUT2D eigenvalue weighted by molar-refractivity contribution is 0.401. The van der Waals surface area contributed by atoms with Gasteiger partial charge in [0.1, 0.15) is 5.76 Å². The third-order valence-corrected chi connectivity index (χ3v) is 4.61. The number of fused-ring (bicyclic) bond motifs is 1. The summed E-state index contributed by atoms with van der Waals surface area (Å²) in [5.74, 6) is 4.33. The molecular weight excluding hydrogens is 258 g/mol. The molecule has 2 aromatic rings. The van der Waals surface area contributed by atoms with E-state index in [-0.39, 0.29) is 0 Å². The van der Waals surface area contributed by atoms with Crippen LogP contribution in [0.1, 0.15) is 18.6 Å². The van der Waals surface area contributed by atoms with Crippen LogP contribution in [0.2, 0.25) is 0 Å². The number of benzene rings is 1. The maximum Gasteiger partial charge on any atom is 0.176 e. The van der Waals surface area contributed by atoms with Crippen molar-refractivity contribution < 1.29 is 9.15 Å². The number of hydrogen-bond donors (Lipinski definition) is 1. The fourth-order valence-corrected chi connectivity index (χ4v) is 3.59. The number of thioether (sulfide) groups is 1. The van der Waals surface area contributed by atoms with Crippen LogP contribution in [0.4, 0.5) is 0 Å². The molecule has 0 saturated carbocycles. The van der Waals surface area contributed by atoms with Gasteiger partial charge in [-0.2, -0.15) is 11.8 Å². The highest BCUT2D eigenvalue weighted by molar-refractivity contribution is 7.99. The predicted molar refractivity (Wildman–Crippen MR) is 80.0 cm³/mol. The molecule has 1 aromatic heterocycles. The van der Waals surface area contributed by atoms with Gasteiger partial charge in [0.15, 0.2) is 11.3 Å². The molecule has 0 aliphatic carbocycles. The molecule has 19 heavy (non-hydrogen) atoms. The minimum absolute atomic E-state index is 0.636. The molecule has 1 fully saturated rings. The summed E-state index contributed by atoms with van der Waals surface area (Å²) < 4.78 is 11.2. The summed E-state index contributed by atoms with van der Waals surface area (Å²) in [5, 5.41) is 4.70. The van der Waals surface area contributed by atoms with Gasteiger partial charge in [-0.25, -0.2) is 0 Å². The molecular formula is C15H19NO2S. The quantitative estimate of drug-likeness (QED) is 0.928. The second-order valence-electron chi connectivity index (χ2n) is 4.86. The van der Waals surface area contributed by atoms with E-state index in [1.807, 2.05) is 23.9 Å². The zero-order chi connectivity index (χ0) is 13.1. The summed E-state index contributed by atoms with van der Waals surface area (Å²) in [5.41, 5.74) is 0.848. The van der Waals surface area contributed by atoms with Crippen LogP contribution in [-0.4, -0.2) is 24.7 Å². The van der Waals surface area contributed by atoms with Crippen LogP contribution >= 0.6 is 11.8 Å². The van der Waals surface area contributed by atoms with Gasteiger partial charge in [0, 0.05) is 11.4 Å². The molecule has 0 spiro atoms. The van der Waals surface area contributed by atoms with E-state index in [9.17, 15) is 0 Å². The zero-order valence-electron chi connectivity index (χ0n) is 11.1. The van der Waals surface area contributed by atoms with Crippen molar-refractivity contribution in [3.8, 4) is 5.75 Å². The second-order valence-corrected chi connectivity index (χ2v) is 6.08. The first-order valence-corrected chi connectivity index (χ1v) is 7.89. The SMILES string of the molecule is COc1cccc2cc(CNC3CCSCC3)oc12. The zero-order valence-corrected chi connectivity index (χ0v) is 12.0. The van der Waals surface area contributed by atoms with Gasteiger partial charge in [-0.15, -0.1) is 0 Å². The van der Waals surface area contributed by atoms with E-state index in [0.717, 1.165) is 29.0 Å².